The van der Waals surface area contributed by atoms with Gasteiger partial charge in [-0.25, -0.2) is 4.79 Å². The van der Waals surface area contributed by atoms with Gasteiger partial charge in [-0.05, 0) is 61.1 Å². The highest BCUT2D eigenvalue weighted by molar-refractivity contribution is 7.16. The van der Waals surface area contributed by atoms with Crippen LogP contribution in [0.4, 0.5) is 9.80 Å². The van der Waals surface area contributed by atoms with E-state index in [1.54, 1.807) is 18.2 Å². The molecule has 3 heterocycles. The number of aryl methyl sites for hydroxylation is 1. The second-order valence-corrected chi connectivity index (χ2v) is 8.93. The number of carbonyl (C=O) groups excluding carboxylic acids is 2. The summed E-state index contributed by atoms with van der Waals surface area (Å²) in [5.74, 6) is 0.425. The Morgan fingerprint density at radius 1 is 1.39 bits per heavy atom. The summed E-state index contributed by atoms with van der Waals surface area (Å²) in [6.45, 7) is 0.719. The summed E-state index contributed by atoms with van der Waals surface area (Å²) in [6.07, 6.45) is 8.20. The molecule has 0 fully saturated rings. The lowest BCUT2D eigenvalue weighted by Gasteiger charge is -2.21. The number of hydrogen-bond acceptors (Lipinski definition) is 6. The fourth-order valence-electron chi connectivity index (χ4n) is 3.79. The van der Waals surface area contributed by atoms with Gasteiger partial charge in [0.1, 0.15) is 16.8 Å². The molecule has 33 heavy (non-hydrogen) atoms. The maximum absolute atomic E-state index is 12.3. The third kappa shape index (κ3) is 5.54. The zero-order chi connectivity index (χ0) is 23.2. The summed E-state index contributed by atoms with van der Waals surface area (Å²) in [7, 11) is 1.92. The number of anilines is 1. The highest BCUT2D eigenvalue weighted by Crippen LogP contribution is 2.39. The third-order valence-corrected chi connectivity index (χ3v) is 6.74. The van der Waals surface area contributed by atoms with E-state index in [0.717, 1.165) is 22.6 Å². The first-order valence-electron chi connectivity index (χ1n) is 10.6. The summed E-state index contributed by atoms with van der Waals surface area (Å²) in [6, 6.07) is 9.59. The second kappa shape index (κ2) is 10.2. The molecule has 1 unspecified atom stereocenters. The van der Waals surface area contributed by atoms with Crippen molar-refractivity contribution in [2.45, 2.75) is 25.8 Å². The number of alkyl carbamates (subject to hydrolysis) is 1. The zero-order valence-electron chi connectivity index (χ0n) is 18.2. The fraction of sp³-hybridized carbons (Fsp3) is 0.292. The molecule has 2 N–H and O–H groups in total. The molecule has 0 bridgehead atoms. The van der Waals surface area contributed by atoms with E-state index >= 15 is 0 Å². The van der Waals surface area contributed by atoms with Crippen molar-refractivity contribution >= 4 is 34.4 Å². The topological polar surface area (TPSA) is 109 Å². The summed E-state index contributed by atoms with van der Waals surface area (Å²) in [5.41, 5.74) is 2.50. The predicted octanol–water partition coefficient (Wildman–Crippen LogP) is 4.23. The summed E-state index contributed by atoms with van der Waals surface area (Å²) >= 11 is 1.42. The van der Waals surface area contributed by atoms with E-state index in [0.29, 0.717) is 42.3 Å². The molecule has 0 saturated carbocycles. The zero-order valence-corrected chi connectivity index (χ0v) is 19.0. The lowest BCUT2D eigenvalue weighted by Crippen LogP contribution is -2.28. The maximum atomic E-state index is 12.3. The van der Waals surface area contributed by atoms with Crippen LogP contribution in [0.15, 0.2) is 47.2 Å². The van der Waals surface area contributed by atoms with Gasteiger partial charge in [-0.1, -0.05) is 0 Å². The maximum Gasteiger partial charge on any atom is 0.407 e. The minimum absolute atomic E-state index is 0.172. The van der Waals surface area contributed by atoms with Crippen LogP contribution in [0.3, 0.4) is 0 Å². The van der Waals surface area contributed by atoms with Crippen LogP contribution in [0.2, 0.25) is 0 Å². The van der Waals surface area contributed by atoms with Gasteiger partial charge in [-0.3, -0.25) is 4.79 Å². The molecule has 9 heteroatoms. The third-order valence-electron chi connectivity index (χ3n) is 5.57. The van der Waals surface area contributed by atoms with Gasteiger partial charge in [-0.15, -0.1) is 11.3 Å². The standard InChI is InChI=1S/C24H24N4O4S/c1-28-10-2-4-17(28)14-26-24(30)32-15-16-6-8-19-20(13-25)23(33-21(19)12-16)27-22(29)9-7-18-5-3-11-31-18/h2-5,7,9-11,16H,6,8,12,14-15H2,1H3,(H,26,30)(H,27,29)/b9-7+. The molecule has 170 valence electrons. The number of rotatable bonds is 7. The van der Waals surface area contributed by atoms with Crippen molar-refractivity contribution in [2.24, 2.45) is 13.0 Å². The van der Waals surface area contributed by atoms with Crippen LogP contribution in [0.1, 0.15) is 33.9 Å². The van der Waals surface area contributed by atoms with Gasteiger partial charge in [0.2, 0.25) is 5.91 Å². The fourth-order valence-corrected chi connectivity index (χ4v) is 5.10. The molecule has 0 saturated heterocycles. The number of nitrogens with zero attached hydrogens (tertiary/aromatic N) is 2. The van der Waals surface area contributed by atoms with Crippen molar-refractivity contribution < 1.29 is 18.7 Å². The van der Waals surface area contributed by atoms with Crippen molar-refractivity contribution in [3.05, 3.63) is 70.3 Å². The number of carbonyl (C=O) groups is 2. The van der Waals surface area contributed by atoms with Gasteiger partial charge in [0.15, 0.2) is 0 Å². The lowest BCUT2D eigenvalue weighted by atomic mass is 9.88. The molecule has 1 aliphatic rings. The van der Waals surface area contributed by atoms with Gasteiger partial charge in [0, 0.05) is 29.9 Å². The van der Waals surface area contributed by atoms with E-state index in [1.807, 2.05) is 29.9 Å². The molecule has 3 aromatic rings. The molecule has 0 aromatic carbocycles. The van der Waals surface area contributed by atoms with Crippen LogP contribution in [-0.2, 0) is 36.0 Å². The Kier molecular flexibility index (Phi) is 6.95. The highest BCUT2D eigenvalue weighted by atomic mass is 32.1. The summed E-state index contributed by atoms with van der Waals surface area (Å²) < 4.78 is 12.5. The number of amides is 2. The van der Waals surface area contributed by atoms with Crippen molar-refractivity contribution in [3.63, 3.8) is 0 Å². The molecular weight excluding hydrogens is 440 g/mol. The largest absolute Gasteiger partial charge is 0.465 e. The molecule has 0 radical (unpaired) electrons. The van der Waals surface area contributed by atoms with Crippen molar-refractivity contribution in [3.8, 4) is 6.07 Å². The van der Waals surface area contributed by atoms with Gasteiger partial charge >= 0.3 is 6.09 Å². The quantitative estimate of drug-likeness (QED) is 0.509. The number of aromatic nitrogens is 1. The number of nitriles is 1. The normalized spacial score (nSPS) is 15.1. The van der Waals surface area contributed by atoms with E-state index in [4.69, 9.17) is 9.15 Å². The van der Waals surface area contributed by atoms with E-state index in [-0.39, 0.29) is 11.8 Å². The Labute approximate surface area is 195 Å². The number of thiophene rings is 1. The second-order valence-electron chi connectivity index (χ2n) is 7.83. The van der Waals surface area contributed by atoms with Crippen LogP contribution in [0.25, 0.3) is 6.08 Å². The monoisotopic (exact) mass is 464 g/mol. The average Bonchev–Trinajstić information content (AvgIpc) is 3.54. The van der Waals surface area contributed by atoms with Crippen molar-refractivity contribution in [2.75, 3.05) is 11.9 Å². The van der Waals surface area contributed by atoms with E-state index < -0.39 is 6.09 Å². The average molecular weight is 465 g/mol. The molecule has 8 nitrogen and oxygen atoms in total. The Bertz CT molecular complexity index is 1200. The van der Waals surface area contributed by atoms with Crippen molar-refractivity contribution in [1.82, 2.24) is 9.88 Å². The van der Waals surface area contributed by atoms with Crippen LogP contribution in [0, 0.1) is 17.2 Å². The van der Waals surface area contributed by atoms with Gasteiger partial charge in [-0.2, -0.15) is 5.26 Å². The van der Waals surface area contributed by atoms with Crippen LogP contribution < -0.4 is 10.6 Å². The SMILES string of the molecule is Cn1cccc1CNC(=O)OCC1CCc2c(sc(NC(=O)/C=C/c3ccco3)c2C#N)C1. The van der Waals surface area contributed by atoms with Crippen LogP contribution in [0.5, 0.6) is 0 Å². The highest BCUT2D eigenvalue weighted by Gasteiger charge is 2.27. The lowest BCUT2D eigenvalue weighted by molar-refractivity contribution is -0.111. The Morgan fingerprint density at radius 3 is 3.00 bits per heavy atom. The molecule has 1 atom stereocenters. The van der Waals surface area contributed by atoms with E-state index in [2.05, 4.69) is 16.7 Å². The molecule has 0 spiro atoms. The first-order valence-corrected chi connectivity index (χ1v) is 11.4. The van der Waals surface area contributed by atoms with Gasteiger partial charge in [0.25, 0.3) is 0 Å². The number of nitrogens with one attached hydrogen (secondary N) is 2. The van der Waals surface area contributed by atoms with E-state index in [9.17, 15) is 14.9 Å². The van der Waals surface area contributed by atoms with Crippen LogP contribution in [-0.4, -0.2) is 23.2 Å². The molecule has 0 aliphatic heterocycles. The van der Waals surface area contributed by atoms with Crippen molar-refractivity contribution in [1.29, 1.82) is 5.26 Å². The first kappa shape index (κ1) is 22.4. The summed E-state index contributed by atoms with van der Waals surface area (Å²) in [4.78, 5) is 25.4. The Balaban J connectivity index is 1.31. The van der Waals surface area contributed by atoms with Crippen LogP contribution >= 0.6 is 11.3 Å². The Morgan fingerprint density at radius 2 is 2.27 bits per heavy atom. The smallest absolute Gasteiger partial charge is 0.407 e. The minimum Gasteiger partial charge on any atom is -0.465 e. The number of ether oxygens (including phenoxy) is 1. The van der Waals surface area contributed by atoms with Gasteiger partial charge < -0.3 is 24.4 Å². The van der Waals surface area contributed by atoms with E-state index in [1.165, 1.54) is 23.7 Å². The molecule has 4 rings (SSSR count). The molecule has 2 amide bonds. The number of furan rings is 1. The minimum atomic E-state index is -0.442. The Hall–Kier alpha value is -3.77. The number of fused-ring (bicyclic) bond motifs is 1. The number of hydrogen-bond donors (Lipinski definition) is 2. The molecular formula is C24H24N4O4S. The molecule has 3 aromatic heterocycles. The predicted molar refractivity (Wildman–Crippen MR) is 125 cm³/mol. The van der Waals surface area contributed by atoms with Gasteiger partial charge in [0.05, 0.1) is 25.0 Å². The first-order chi connectivity index (χ1) is 16.0. The summed E-state index contributed by atoms with van der Waals surface area (Å²) in [5, 5.41) is 15.8. The molecule has 1 aliphatic carbocycles.